The molecule has 11 heteroatoms. The van der Waals surface area contributed by atoms with Crippen LogP contribution in [0, 0.1) is 0 Å². The Hall–Kier alpha value is -1.98. The molecule has 0 atom stereocenters. The van der Waals surface area contributed by atoms with Gasteiger partial charge in [-0.05, 0) is 32.3 Å². The minimum absolute atomic E-state index is 0.0474. The van der Waals surface area contributed by atoms with Gasteiger partial charge in [-0.25, -0.2) is 4.79 Å². The van der Waals surface area contributed by atoms with Crippen LogP contribution in [-0.4, -0.2) is 46.4 Å². The molecule has 1 aliphatic rings. The number of carbonyl (C=O) groups is 3. The first-order valence-electron chi connectivity index (χ1n) is 9.28. The fourth-order valence-corrected chi connectivity index (χ4v) is 5.36. The Labute approximate surface area is 181 Å². The van der Waals surface area contributed by atoms with E-state index in [9.17, 15) is 14.4 Å². The molecule has 8 nitrogen and oxygen atoms in total. The number of esters is 1. The molecule has 0 bridgehead atoms. The van der Waals surface area contributed by atoms with Crippen molar-refractivity contribution in [3.8, 4) is 0 Å². The molecule has 156 valence electrons. The van der Waals surface area contributed by atoms with Crippen molar-refractivity contribution in [3.05, 3.63) is 16.5 Å². The third-order valence-electron chi connectivity index (χ3n) is 4.06. The number of rotatable bonds is 9. The van der Waals surface area contributed by atoms with E-state index in [1.807, 2.05) is 6.92 Å². The lowest BCUT2D eigenvalue weighted by Gasteiger charge is -2.15. The zero-order chi connectivity index (χ0) is 21.0. The van der Waals surface area contributed by atoms with Gasteiger partial charge in [0.05, 0.1) is 17.9 Å². The molecule has 2 aromatic rings. The monoisotopic (exact) mass is 454 g/mol. The van der Waals surface area contributed by atoms with Crippen molar-refractivity contribution in [1.29, 1.82) is 0 Å². The Kier molecular flexibility index (Phi) is 7.25. The van der Waals surface area contributed by atoms with Crippen LogP contribution >= 0.6 is 34.4 Å². The van der Waals surface area contributed by atoms with Crippen molar-refractivity contribution in [3.63, 3.8) is 0 Å². The summed E-state index contributed by atoms with van der Waals surface area (Å²) in [6.07, 6.45) is 2.73. The SMILES string of the molecule is CCOC(=O)c1cc(CC)sc1NC(=O)CSc1nnc(N(C(C)=O)C2CC2)s1. The number of nitrogens with one attached hydrogen (secondary N) is 1. The summed E-state index contributed by atoms with van der Waals surface area (Å²) >= 11 is 3.93. The number of thiophene rings is 1. The summed E-state index contributed by atoms with van der Waals surface area (Å²) < 4.78 is 5.69. The maximum atomic E-state index is 12.4. The highest BCUT2D eigenvalue weighted by molar-refractivity contribution is 8.01. The molecule has 29 heavy (non-hydrogen) atoms. The average molecular weight is 455 g/mol. The quantitative estimate of drug-likeness (QED) is 0.351. The normalized spacial score (nSPS) is 13.2. The molecular formula is C18H22N4O4S3. The first-order chi connectivity index (χ1) is 13.9. The fraction of sp³-hybridized carbons (Fsp3) is 0.500. The van der Waals surface area contributed by atoms with Crippen molar-refractivity contribution in [1.82, 2.24) is 10.2 Å². The van der Waals surface area contributed by atoms with E-state index in [1.54, 1.807) is 17.9 Å². The number of aromatic nitrogens is 2. The van der Waals surface area contributed by atoms with E-state index in [0.717, 1.165) is 24.1 Å². The van der Waals surface area contributed by atoms with Crippen LogP contribution in [-0.2, 0) is 20.7 Å². The van der Waals surface area contributed by atoms with Gasteiger partial charge in [0.2, 0.25) is 16.9 Å². The average Bonchev–Trinajstić information content (AvgIpc) is 3.24. The van der Waals surface area contributed by atoms with Crippen LogP contribution in [0.1, 0.15) is 48.8 Å². The number of aryl methyl sites for hydroxylation is 1. The first kappa shape index (κ1) is 21.7. The fourth-order valence-electron chi connectivity index (χ4n) is 2.60. The van der Waals surface area contributed by atoms with Crippen LogP contribution in [0.2, 0.25) is 0 Å². The predicted molar refractivity (Wildman–Crippen MR) is 115 cm³/mol. The molecule has 0 aromatic carbocycles. The number of hydrogen-bond acceptors (Lipinski definition) is 9. The molecule has 0 aliphatic heterocycles. The summed E-state index contributed by atoms with van der Waals surface area (Å²) in [5, 5.41) is 12.0. The molecule has 0 unspecified atom stereocenters. The van der Waals surface area contributed by atoms with Crippen LogP contribution < -0.4 is 10.2 Å². The minimum Gasteiger partial charge on any atom is -0.462 e. The highest BCUT2D eigenvalue weighted by Gasteiger charge is 2.34. The molecule has 2 aromatic heterocycles. The van der Waals surface area contributed by atoms with Gasteiger partial charge < -0.3 is 10.1 Å². The van der Waals surface area contributed by atoms with Gasteiger partial charge in [-0.2, -0.15) is 0 Å². The van der Waals surface area contributed by atoms with Crippen molar-refractivity contribution in [2.75, 3.05) is 22.6 Å². The van der Waals surface area contributed by atoms with Crippen molar-refractivity contribution < 1.29 is 19.1 Å². The zero-order valence-corrected chi connectivity index (χ0v) is 18.8. The molecule has 3 rings (SSSR count). The Morgan fingerprint density at radius 3 is 2.66 bits per heavy atom. The Bertz CT molecular complexity index is 907. The molecule has 2 amide bonds. The summed E-state index contributed by atoms with van der Waals surface area (Å²) in [7, 11) is 0. The highest BCUT2D eigenvalue weighted by Crippen LogP contribution is 2.36. The topological polar surface area (TPSA) is 101 Å². The Morgan fingerprint density at radius 2 is 2.03 bits per heavy atom. The van der Waals surface area contributed by atoms with Crippen molar-refractivity contribution in [2.24, 2.45) is 0 Å². The van der Waals surface area contributed by atoms with Crippen molar-refractivity contribution >= 4 is 62.4 Å². The molecule has 1 N–H and O–H groups in total. The third-order valence-corrected chi connectivity index (χ3v) is 7.31. The van der Waals surface area contributed by atoms with E-state index in [2.05, 4.69) is 15.5 Å². The van der Waals surface area contributed by atoms with Crippen LogP contribution in [0.3, 0.4) is 0 Å². The van der Waals surface area contributed by atoms with Gasteiger partial charge in [0.15, 0.2) is 4.34 Å². The number of anilines is 2. The summed E-state index contributed by atoms with van der Waals surface area (Å²) in [4.78, 5) is 39.0. The van der Waals surface area contributed by atoms with Crippen LogP contribution in [0.5, 0.6) is 0 Å². The van der Waals surface area contributed by atoms with Gasteiger partial charge >= 0.3 is 5.97 Å². The first-order valence-corrected chi connectivity index (χ1v) is 11.9. The lowest BCUT2D eigenvalue weighted by atomic mass is 10.2. The minimum atomic E-state index is -0.440. The third kappa shape index (κ3) is 5.55. The van der Waals surface area contributed by atoms with E-state index < -0.39 is 5.97 Å². The maximum Gasteiger partial charge on any atom is 0.341 e. The lowest BCUT2D eigenvalue weighted by molar-refractivity contribution is -0.116. The summed E-state index contributed by atoms with van der Waals surface area (Å²) in [5.74, 6) is -0.606. The number of carbonyl (C=O) groups excluding carboxylic acids is 3. The largest absolute Gasteiger partial charge is 0.462 e. The van der Waals surface area contributed by atoms with E-state index in [0.29, 0.717) is 20.0 Å². The molecule has 1 aliphatic carbocycles. The second-order valence-electron chi connectivity index (χ2n) is 6.34. The molecular weight excluding hydrogens is 432 g/mol. The lowest BCUT2D eigenvalue weighted by Crippen LogP contribution is -2.30. The van der Waals surface area contributed by atoms with Gasteiger partial charge in [-0.1, -0.05) is 30.0 Å². The predicted octanol–water partition coefficient (Wildman–Crippen LogP) is 3.58. The molecule has 0 saturated heterocycles. The Morgan fingerprint density at radius 1 is 1.28 bits per heavy atom. The number of nitrogens with zero attached hydrogens (tertiary/aromatic N) is 3. The maximum absolute atomic E-state index is 12.4. The molecule has 1 fully saturated rings. The molecule has 0 spiro atoms. The van der Waals surface area contributed by atoms with E-state index in [-0.39, 0.29) is 30.2 Å². The standard InChI is InChI=1S/C18H22N4O4S3/c1-4-12-8-13(16(25)26-5-2)15(28-12)19-14(24)9-27-18-21-20-17(29-18)22(10(3)23)11-6-7-11/h8,11H,4-7,9H2,1-3H3,(H,19,24). The van der Waals surface area contributed by atoms with E-state index in [4.69, 9.17) is 4.74 Å². The number of amides is 2. The van der Waals surface area contributed by atoms with Gasteiger partial charge in [-0.3, -0.25) is 14.5 Å². The van der Waals surface area contributed by atoms with Crippen LogP contribution in [0.25, 0.3) is 0 Å². The van der Waals surface area contributed by atoms with E-state index >= 15 is 0 Å². The smallest absolute Gasteiger partial charge is 0.341 e. The Balaban J connectivity index is 1.60. The van der Waals surface area contributed by atoms with E-state index in [1.165, 1.54) is 41.4 Å². The number of ether oxygens (including phenoxy) is 1. The van der Waals surface area contributed by atoms with Gasteiger partial charge in [-0.15, -0.1) is 21.5 Å². The van der Waals surface area contributed by atoms with Crippen molar-refractivity contribution in [2.45, 2.75) is 50.4 Å². The molecule has 0 radical (unpaired) electrons. The number of thioether (sulfide) groups is 1. The number of hydrogen-bond donors (Lipinski definition) is 1. The summed E-state index contributed by atoms with van der Waals surface area (Å²) in [5.41, 5.74) is 0.381. The summed E-state index contributed by atoms with van der Waals surface area (Å²) in [6.45, 7) is 5.53. The second-order valence-corrected chi connectivity index (χ2v) is 9.65. The van der Waals surface area contributed by atoms with Gasteiger partial charge in [0.1, 0.15) is 5.00 Å². The second kappa shape index (κ2) is 9.68. The van der Waals surface area contributed by atoms with Gasteiger partial charge in [0, 0.05) is 17.8 Å². The van der Waals surface area contributed by atoms with Gasteiger partial charge in [0.25, 0.3) is 0 Å². The van der Waals surface area contributed by atoms with Crippen LogP contribution in [0.4, 0.5) is 10.1 Å². The molecule has 1 saturated carbocycles. The molecule has 2 heterocycles. The van der Waals surface area contributed by atoms with Crippen LogP contribution in [0.15, 0.2) is 10.4 Å². The zero-order valence-electron chi connectivity index (χ0n) is 16.4. The highest BCUT2D eigenvalue weighted by atomic mass is 32.2. The summed E-state index contributed by atoms with van der Waals surface area (Å²) in [6, 6.07) is 1.98.